The van der Waals surface area contributed by atoms with Crippen LogP contribution in [0.3, 0.4) is 0 Å². The van der Waals surface area contributed by atoms with Crippen molar-refractivity contribution >= 4 is 11.9 Å². The Morgan fingerprint density at radius 3 is 2.62 bits per heavy atom. The van der Waals surface area contributed by atoms with E-state index >= 15 is 0 Å². The van der Waals surface area contributed by atoms with E-state index in [0.29, 0.717) is 32.0 Å². The molecule has 128 valence electrons. The molecule has 1 aromatic rings. The van der Waals surface area contributed by atoms with Gasteiger partial charge in [-0.3, -0.25) is 4.79 Å². The van der Waals surface area contributed by atoms with Crippen LogP contribution in [0.4, 0.5) is 10.4 Å². The number of halogens is 1. The topological polar surface area (TPSA) is 87.4 Å². The summed E-state index contributed by atoms with van der Waals surface area (Å²) in [7, 11) is 0. The van der Waals surface area contributed by atoms with Crippen LogP contribution in [-0.2, 0) is 11.2 Å². The van der Waals surface area contributed by atoms with Crippen LogP contribution in [0.25, 0.3) is 0 Å². The molecule has 2 bridgehead atoms. The standard InChI is InChI=1S/C16H21FN6O/c17-22-10-13-3-4-14(11-22)23(13)16-20-8-12(9-21-16)7-15(24)19-6-2-1-5-18/h8-9,13-14H,2-4,6-7,10-11,18H2,(H,19,24). The zero-order chi connectivity index (χ0) is 16.9. The molecule has 0 radical (unpaired) electrons. The van der Waals surface area contributed by atoms with Gasteiger partial charge in [-0.1, -0.05) is 5.92 Å². The number of nitrogens with one attached hydrogen (secondary N) is 1. The summed E-state index contributed by atoms with van der Waals surface area (Å²) in [6.45, 7) is 1.27. The van der Waals surface area contributed by atoms with Crippen LogP contribution in [0.2, 0.25) is 0 Å². The number of hydrogen-bond donors (Lipinski definition) is 2. The average molecular weight is 332 g/mol. The molecule has 1 aromatic heterocycles. The van der Waals surface area contributed by atoms with Gasteiger partial charge in [-0.15, -0.1) is 9.60 Å². The lowest BCUT2D eigenvalue weighted by molar-refractivity contribution is -0.120. The Kier molecular flexibility index (Phi) is 5.11. The van der Waals surface area contributed by atoms with Crippen LogP contribution in [-0.4, -0.2) is 52.7 Å². The van der Waals surface area contributed by atoms with E-state index in [1.807, 2.05) is 0 Å². The molecule has 3 heterocycles. The lowest BCUT2D eigenvalue weighted by Gasteiger charge is -2.37. The van der Waals surface area contributed by atoms with Crippen LogP contribution in [0.1, 0.15) is 24.8 Å². The van der Waals surface area contributed by atoms with Crippen LogP contribution in [0, 0.1) is 12.0 Å². The Labute approximate surface area is 140 Å². The fraction of sp³-hybridized carbons (Fsp3) is 0.562. The Morgan fingerprint density at radius 1 is 1.33 bits per heavy atom. The number of anilines is 1. The summed E-state index contributed by atoms with van der Waals surface area (Å²) >= 11 is 0. The quantitative estimate of drug-likeness (QED) is 0.341. The molecule has 2 aliphatic rings. The largest absolute Gasteiger partial charge is 0.359 e. The van der Waals surface area contributed by atoms with Crippen molar-refractivity contribution in [3.8, 4) is 12.0 Å². The highest BCUT2D eigenvalue weighted by atomic mass is 19.2. The molecule has 2 fully saturated rings. The molecule has 24 heavy (non-hydrogen) atoms. The third kappa shape index (κ3) is 3.74. The maximum absolute atomic E-state index is 13.5. The molecule has 7 nitrogen and oxygen atoms in total. The van der Waals surface area contributed by atoms with E-state index in [-0.39, 0.29) is 24.4 Å². The first-order valence-electron chi connectivity index (χ1n) is 8.12. The number of nitrogens with zero attached hydrogens (tertiary/aromatic N) is 4. The minimum Gasteiger partial charge on any atom is -0.359 e. The fourth-order valence-electron chi connectivity index (χ4n) is 3.34. The summed E-state index contributed by atoms with van der Waals surface area (Å²) in [5.74, 6) is 3.20. The number of piperazine rings is 1. The predicted molar refractivity (Wildman–Crippen MR) is 87.3 cm³/mol. The third-order valence-electron chi connectivity index (χ3n) is 4.40. The van der Waals surface area contributed by atoms with E-state index in [9.17, 15) is 9.28 Å². The second kappa shape index (κ2) is 7.45. The van der Waals surface area contributed by atoms with Gasteiger partial charge in [-0.2, -0.15) is 0 Å². The van der Waals surface area contributed by atoms with Crippen molar-refractivity contribution in [2.45, 2.75) is 37.8 Å². The van der Waals surface area contributed by atoms with Gasteiger partial charge in [0, 0.05) is 56.6 Å². The predicted octanol–water partition coefficient (Wildman–Crippen LogP) is -0.0175. The second-order valence-electron chi connectivity index (χ2n) is 6.11. The summed E-state index contributed by atoms with van der Waals surface area (Å²) in [5, 5.41) is 3.64. The zero-order valence-corrected chi connectivity index (χ0v) is 13.4. The molecule has 1 amide bonds. The van der Waals surface area contributed by atoms with Crippen molar-refractivity contribution in [1.82, 2.24) is 20.4 Å². The van der Waals surface area contributed by atoms with Gasteiger partial charge < -0.3 is 16.0 Å². The highest BCUT2D eigenvalue weighted by molar-refractivity contribution is 5.78. The van der Waals surface area contributed by atoms with Crippen molar-refractivity contribution < 1.29 is 9.28 Å². The van der Waals surface area contributed by atoms with Gasteiger partial charge in [0.25, 0.3) is 0 Å². The first-order chi connectivity index (χ1) is 11.7. The monoisotopic (exact) mass is 332 g/mol. The summed E-state index contributed by atoms with van der Waals surface area (Å²) in [6.07, 6.45) is 6.02. The molecule has 2 unspecified atom stereocenters. The molecule has 0 spiro atoms. The van der Waals surface area contributed by atoms with Gasteiger partial charge in [0.15, 0.2) is 0 Å². The van der Waals surface area contributed by atoms with Crippen molar-refractivity contribution in [3.05, 3.63) is 18.0 Å². The molecule has 0 saturated carbocycles. The van der Waals surface area contributed by atoms with Crippen LogP contribution >= 0.6 is 0 Å². The first-order valence-corrected chi connectivity index (χ1v) is 8.12. The van der Waals surface area contributed by atoms with Gasteiger partial charge in [0.2, 0.25) is 11.9 Å². The normalized spacial score (nSPS) is 22.8. The van der Waals surface area contributed by atoms with E-state index in [0.717, 1.165) is 23.5 Å². The molecular weight excluding hydrogens is 311 g/mol. The fourth-order valence-corrected chi connectivity index (χ4v) is 3.34. The number of amides is 1. The summed E-state index contributed by atoms with van der Waals surface area (Å²) in [6, 6.07) is 2.55. The summed E-state index contributed by atoms with van der Waals surface area (Å²) in [5.41, 5.74) is 5.81. The highest BCUT2D eigenvalue weighted by Gasteiger charge is 2.41. The van der Waals surface area contributed by atoms with Crippen LogP contribution in [0.5, 0.6) is 0 Å². The Bertz CT molecular complexity index is 626. The summed E-state index contributed by atoms with van der Waals surface area (Å²) in [4.78, 5) is 22.7. The van der Waals surface area contributed by atoms with Gasteiger partial charge in [-0.05, 0) is 18.4 Å². The van der Waals surface area contributed by atoms with E-state index in [4.69, 9.17) is 5.73 Å². The number of rotatable bonds is 5. The molecular formula is C16H21FN6O. The van der Waals surface area contributed by atoms with Crippen LogP contribution in [0.15, 0.2) is 12.4 Å². The second-order valence-corrected chi connectivity index (χ2v) is 6.11. The molecule has 3 rings (SSSR count). The zero-order valence-electron chi connectivity index (χ0n) is 13.4. The molecule has 2 atom stereocenters. The smallest absolute Gasteiger partial charge is 0.225 e. The summed E-state index contributed by atoms with van der Waals surface area (Å²) < 4.78 is 13.5. The van der Waals surface area contributed by atoms with E-state index in [1.54, 1.807) is 12.4 Å². The molecule has 3 N–H and O–H groups in total. The maximum atomic E-state index is 13.5. The molecule has 2 aliphatic heterocycles. The molecule has 2 saturated heterocycles. The van der Waals surface area contributed by atoms with Gasteiger partial charge >= 0.3 is 0 Å². The maximum Gasteiger partial charge on any atom is 0.225 e. The molecule has 0 aromatic carbocycles. The van der Waals surface area contributed by atoms with Crippen molar-refractivity contribution in [2.75, 3.05) is 24.5 Å². The molecule has 8 heteroatoms. The van der Waals surface area contributed by atoms with E-state index < -0.39 is 0 Å². The van der Waals surface area contributed by atoms with Crippen LogP contribution < -0.4 is 16.0 Å². The Morgan fingerprint density at radius 2 is 2.00 bits per heavy atom. The minimum absolute atomic E-state index is 0.101. The Balaban J connectivity index is 1.56. The Hall–Kier alpha value is -2.40. The van der Waals surface area contributed by atoms with Crippen molar-refractivity contribution in [1.29, 1.82) is 0 Å². The SMILES string of the molecule is NC#CCCNC(=O)Cc1cnc(N2C3CCC2CN(F)C3)nc1. The molecule has 0 aliphatic carbocycles. The van der Waals surface area contributed by atoms with E-state index in [2.05, 4.69) is 32.1 Å². The number of aromatic nitrogens is 2. The van der Waals surface area contributed by atoms with E-state index in [1.165, 1.54) is 0 Å². The third-order valence-corrected chi connectivity index (χ3v) is 4.40. The number of hydrogen-bond acceptors (Lipinski definition) is 6. The van der Waals surface area contributed by atoms with Gasteiger partial charge in [-0.25, -0.2) is 9.97 Å². The minimum atomic E-state index is -0.101. The number of fused-ring (bicyclic) bond motifs is 2. The van der Waals surface area contributed by atoms with Crippen molar-refractivity contribution in [3.63, 3.8) is 0 Å². The van der Waals surface area contributed by atoms with Gasteiger partial charge in [0.05, 0.1) is 6.42 Å². The lowest BCUT2D eigenvalue weighted by Crippen LogP contribution is -2.51. The number of nitrogens with two attached hydrogens (primary N) is 1. The highest BCUT2D eigenvalue weighted by Crippen LogP contribution is 2.32. The number of carbonyl (C=O) groups excluding carboxylic acids is 1. The van der Waals surface area contributed by atoms with Gasteiger partial charge in [0.1, 0.15) is 0 Å². The van der Waals surface area contributed by atoms with Crippen molar-refractivity contribution in [2.24, 2.45) is 5.73 Å². The number of carbonyl (C=O) groups is 1. The first kappa shape index (κ1) is 16.5. The lowest BCUT2D eigenvalue weighted by atomic mass is 10.2. The average Bonchev–Trinajstić information content (AvgIpc) is 2.84.